The predicted octanol–water partition coefficient (Wildman–Crippen LogP) is 6.06. The Morgan fingerprint density at radius 3 is 2.52 bits per heavy atom. The van der Waals surface area contributed by atoms with E-state index in [4.69, 9.17) is 9.15 Å². The summed E-state index contributed by atoms with van der Waals surface area (Å²) in [5.41, 5.74) is 2.88. The highest BCUT2D eigenvalue weighted by Gasteiger charge is 2.11. The number of nitrogens with zero attached hydrogens (tertiary/aromatic N) is 2. The Bertz CT molecular complexity index is 793. The molecule has 4 nitrogen and oxygen atoms in total. The van der Waals surface area contributed by atoms with Crippen LogP contribution in [0.4, 0.5) is 0 Å². The van der Waals surface area contributed by atoms with Gasteiger partial charge < -0.3 is 14.1 Å². The van der Waals surface area contributed by atoms with Crippen LogP contribution in [0.2, 0.25) is 0 Å². The third kappa shape index (κ3) is 5.33. The van der Waals surface area contributed by atoms with Crippen LogP contribution in [-0.2, 0) is 6.42 Å². The highest BCUT2D eigenvalue weighted by Crippen LogP contribution is 2.25. The molecule has 144 valence electrons. The smallest absolute Gasteiger partial charge is 0.400 e. The number of rotatable bonds is 10. The van der Waals surface area contributed by atoms with Crippen molar-refractivity contribution in [2.75, 3.05) is 13.1 Å². The fraction of sp³-hybridized carbons (Fsp3) is 0.435. The van der Waals surface area contributed by atoms with E-state index in [-0.39, 0.29) is 6.08 Å². The molecule has 0 aliphatic heterocycles. The summed E-state index contributed by atoms with van der Waals surface area (Å²) in [6, 6.07) is 16.6. The minimum Gasteiger partial charge on any atom is -0.411 e. The molecule has 0 amide bonds. The molecule has 2 aromatic carbocycles. The standard InChI is InChI=1S/C23H30N2O2/c1-4-16-25(18(3)5-2)17-8-9-19-12-14-20(15-13-19)26-23-24-21-10-6-7-11-22(21)27-23/h6-7,10-15,18H,4-5,8-9,16-17H2,1-3H3. The van der Waals surface area contributed by atoms with E-state index in [1.165, 1.54) is 31.4 Å². The summed E-state index contributed by atoms with van der Waals surface area (Å²) in [4.78, 5) is 6.95. The van der Waals surface area contributed by atoms with Gasteiger partial charge in [0.25, 0.3) is 0 Å². The fourth-order valence-electron chi connectivity index (χ4n) is 3.30. The molecule has 3 aromatic rings. The van der Waals surface area contributed by atoms with Crippen molar-refractivity contribution >= 4 is 11.1 Å². The fourth-order valence-corrected chi connectivity index (χ4v) is 3.30. The SMILES string of the molecule is CCCN(CCCc1ccc(Oc2nc3ccccc3o2)cc1)C(C)CC. The van der Waals surface area contributed by atoms with Gasteiger partial charge in [0.15, 0.2) is 5.58 Å². The highest BCUT2D eigenvalue weighted by molar-refractivity contribution is 5.72. The Morgan fingerprint density at radius 2 is 1.81 bits per heavy atom. The maximum Gasteiger partial charge on any atom is 0.400 e. The summed E-state index contributed by atoms with van der Waals surface area (Å²) < 4.78 is 11.4. The average molecular weight is 367 g/mol. The number of oxazole rings is 1. The molecule has 0 spiro atoms. The third-order valence-corrected chi connectivity index (χ3v) is 5.04. The minimum atomic E-state index is 0.285. The van der Waals surface area contributed by atoms with Gasteiger partial charge >= 0.3 is 6.08 Å². The van der Waals surface area contributed by atoms with E-state index in [0.29, 0.717) is 6.04 Å². The molecule has 3 rings (SSSR count). The van der Waals surface area contributed by atoms with E-state index in [2.05, 4.69) is 42.8 Å². The summed E-state index contributed by atoms with van der Waals surface area (Å²) in [6.45, 7) is 9.19. The lowest BCUT2D eigenvalue weighted by Crippen LogP contribution is -2.34. The van der Waals surface area contributed by atoms with Gasteiger partial charge in [-0.25, -0.2) is 0 Å². The van der Waals surface area contributed by atoms with Gasteiger partial charge in [0.2, 0.25) is 0 Å². The van der Waals surface area contributed by atoms with Crippen molar-refractivity contribution in [2.45, 2.75) is 52.5 Å². The molecule has 0 aliphatic rings. The Morgan fingerprint density at radius 1 is 1.04 bits per heavy atom. The molecule has 0 saturated heterocycles. The third-order valence-electron chi connectivity index (χ3n) is 5.04. The topological polar surface area (TPSA) is 38.5 Å². The second-order valence-corrected chi connectivity index (χ2v) is 7.09. The number of hydrogen-bond donors (Lipinski definition) is 0. The van der Waals surface area contributed by atoms with Crippen LogP contribution in [0.25, 0.3) is 11.1 Å². The molecule has 0 N–H and O–H groups in total. The lowest BCUT2D eigenvalue weighted by molar-refractivity contribution is 0.202. The normalized spacial score (nSPS) is 12.6. The van der Waals surface area contributed by atoms with Crippen molar-refractivity contribution in [3.8, 4) is 11.8 Å². The molecule has 1 unspecified atom stereocenters. The van der Waals surface area contributed by atoms with Crippen molar-refractivity contribution in [1.82, 2.24) is 9.88 Å². The van der Waals surface area contributed by atoms with Gasteiger partial charge in [0.1, 0.15) is 11.3 Å². The lowest BCUT2D eigenvalue weighted by atomic mass is 10.1. The molecular formula is C23H30N2O2. The maximum atomic E-state index is 5.75. The van der Waals surface area contributed by atoms with Crippen LogP contribution in [-0.4, -0.2) is 29.0 Å². The van der Waals surface area contributed by atoms with Gasteiger partial charge in [0.05, 0.1) is 0 Å². The molecule has 0 saturated carbocycles. The van der Waals surface area contributed by atoms with Crippen molar-refractivity contribution in [2.24, 2.45) is 0 Å². The van der Waals surface area contributed by atoms with Crippen LogP contribution in [0.1, 0.15) is 45.6 Å². The van der Waals surface area contributed by atoms with E-state index in [0.717, 1.165) is 29.8 Å². The van der Waals surface area contributed by atoms with Gasteiger partial charge in [0, 0.05) is 6.04 Å². The number of aromatic nitrogens is 1. The molecule has 1 aromatic heterocycles. The Balaban J connectivity index is 1.52. The van der Waals surface area contributed by atoms with Crippen molar-refractivity contribution in [1.29, 1.82) is 0 Å². The maximum absolute atomic E-state index is 5.75. The summed E-state index contributed by atoms with van der Waals surface area (Å²) in [6.07, 6.45) is 4.97. The van der Waals surface area contributed by atoms with Crippen LogP contribution in [0.15, 0.2) is 52.9 Å². The molecule has 0 aliphatic carbocycles. The van der Waals surface area contributed by atoms with E-state index in [9.17, 15) is 0 Å². The number of benzene rings is 2. The zero-order valence-corrected chi connectivity index (χ0v) is 16.6. The van der Waals surface area contributed by atoms with Crippen LogP contribution >= 0.6 is 0 Å². The Kier molecular flexibility index (Phi) is 6.88. The first-order valence-corrected chi connectivity index (χ1v) is 10.1. The molecule has 0 bridgehead atoms. The largest absolute Gasteiger partial charge is 0.411 e. The number of ether oxygens (including phenoxy) is 1. The molecule has 4 heteroatoms. The predicted molar refractivity (Wildman–Crippen MR) is 110 cm³/mol. The number of aryl methyl sites for hydroxylation is 1. The van der Waals surface area contributed by atoms with E-state index in [1.54, 1.807) is 0 Å². The van der Waals surface area contributed by atoms with E-state index in [1.807, 2.05) is 36.4 Å². The minimum absolute atomic E-state index is 0.285. The Hall–Kier alpha value is -2.33. The molecule has 1 heterocycles. The zero-order valence-electron chi connectivity index (χ0n) is 16.6. The van der Waals surface area contributed by atoms with E-state index >= 15 is 0 Å². The lowest BCUT2D eigenvalue weighted by Gasteiger charge is -2.27. The summed E-state index contributed by atoms with van der Waals surface area (Å²) >= 11 is 0. The molecule has 27 heavy (non-hydrogen) atoms. The second-order valence-electron chi connectivity index (χ2n) is 7.09. The van der Waals surface area contributed by atoms with Crippen molar-refractivity contribution in [3.63, 3.8) is 0 Å². The van der Waals surface area contributed by atoms with E-state index < -0.39 is 0 Å². The molecular weight excluding hydrogens is 336 g/mol. The van der Waals surface area contributed by atoms with Gasteiger partial charge in [-0.1, -0.05) is 38.1 Å². The number of fused-ring (bicyclic) bond motifs is 1. The highest BCUT2D eigenvalue weighted by atomic mass is 16.6. The first kappa shape index (κ1) is 19.4. The molecule has 1 atom stereocenters. The zero-order chi connectivity index (χ0) is 19.1. The van der Waals surface area contributed by atoms with Crippen LogP contribution < -0.4 is 4.74 Å². The van der Waals surface area contributed by atoms with Crippen LogP contribution in [0, 0.1) is 0 Å². The van der Waals surface area contributed by atoms with Gasteiger partial charge in [-0.05, 0) is 75.5 Å². The second kappa shape index (κ2) is 9.56. The van der Waals surface area contributed by atoms with Crippen LogP contribution in [0.5, 0.6) is 11.8 Å². The molecule has 0 fully saturated rings. The summed E-state index contributed by atoms with van der Waals surface area (Å²) in [7, 11) is 0. The van der Waals surface area contributed by atoms with Gasteiger partial charge in [-0.2, -0.15) is 4.98 Å². The Labute approximate surface area is 162 Å². The first-order valence-electron chi connectivity index (χ1n) is 10.1. The first-order chi connectivity index (χ1) is 13.2. The average Bonchev–Trinajstić information content (AvgIpc) is 3.10. The van der Waals surface area contributed by atoms with Crippen LogP contribution in [0.3, 0.4) is 0 Å². The van der Waals surface area contributed by atoms with Crippen molar-refractivity contribution in [3.05, 3.63) is 54.1 Å². The van der Waals surface area contributed by atoms with Gasteiger partial charge in [-0.3, -0.25) is 0 Å². The quantitative estimate of drug-likeness (QED) is 0.437. The summed E-state index contributed by atoms with van der Waals surface area (Å²) in [5, 5.41) is 0. The van der Waals surface area contributed by atoms with Crippen molar-refractivity contribution < 1.29 is 9.15 Å². The number of hydrogen-bond acceptors (Lipinski definition) is 4. The monoisotopic (exact) mass is 366 g/mol. The number of para-hydroxylation sites is 2. The summed E-state index contributed by atoms with van der Waals surface area (Å²) in [5.74, 6) is 0.748. The molecule has 0 radical (unpaired) electrons. The van der Waals surface area contributed by atoms with Gasteiger partial charge in [-0.15, -0.1) is 0 Å².